The Kier molecular flexibility index (Phi) is 5.56. The van der Waals surface area contributed by atoms with Crippen molar-refractivity contribution in [2.45, 2.75) is 38.2 Å². The lowest BCUT2D eigenvalue weighted by molar-refractivity contribution is -0.384. The van der Waals surface area contributed by atoms with Gasteiger partial charge in [0.25, 0.3) is 5.69 Å². The summed E-state index contributed by atoms with van der Waals surface area (Å²) >= 11 is 0. The Morgan fingerprint density at radius 1 is 1.11 bits per heavy atom. The Morgan fingerprint density at radius 3 is 2.22 bits per heavy atom. The Bertz CT molecular complexity index is 807. The normalized spacial score (nSPS) is 16.1. The van der Waals surface area contributed by atoms with Gasteiger partial charge in [0.15, 0.2) is 5.78 Å². The number of carbonyl (C=O) groups excluding carboxylic acids is 1. The minimum Gasteiger partial charge on any atom is -0.385 e. The summed E-state index contributed by atoms with van der Waals surface area (Å²) in [6, 6.07) is 13.8. The van der Waals surface area contributed by atoms with Gasteiger partial charge < -0.3 is 10.0 Å². The van der Waals surface area contributed by atoms with E-state index in [4.69, 9.17) is 0 Å². The van der Waals surface area contributed by atoms with Crippen molar-refractivity contribution in [2.24, 2.45) is 0 Å². The number of hydrogen-bond donors (Lipinski definition) is 1. The van der Waals surface area contributed by atoms with Gasteiger partial charge in [-0.1, -0.05) is 6.92 Å². The van der Waals surface area contributed by atoms with E-state index in [9.17, 15) is 20.0 Å². The summed E-state index contributed by atoms with van der Waals surface area (Å²) in [5.41, 5.74) is 1.54. The average Bonchev–Trinajstić information content (AvgIpc) is 2.69. The molecule has 0 unspecified atom stereocenters. The Labute approximate surface area is 158 Å². The van der Waals surface area contributed by atoms with Gasteiger partial charge in [-0.2, -0.15) is 0 Å². The van der Waals surface area contributed by atoms with Crippen molar-refractivity contribution < 1.29 is 14.8 Å². The molecule has 0 atom stereocenters. The van der Waals surface area contributed by atoms with Crippen LogP contribution in [0.3, 0.4) is 0 Å². The summed E-state index contributed by atoms with van der Waals surface area (Å²) in [6.07, 6.45) is 2.49. The van der Waals surface area contributed by atoms with Crippen LogP contribution >= 0.6 is 0 Å². The van der Waals surface area contributed by atoms with Gasteiger partial charge in [-0.25, -0.2) is 0 Å². The molecule has 1 aliphatic rings. The molecule has 0 saturated carbocycles. The molecule has 0 aliphatic carbocycles. The third-order valence-electron chi connectivity index (χ3n) is 5.24. The highest BCUT2D eigenvalue weighted by Gasteiger charge is 2.34. The predicted octanol–water partition coefficient (Wildman–Crippen LogP) is 4.07. The molecule has 1 saturated heterocycles. The van der Waals surface area contributed by atoms with E-state index in [1.165, 1.54) is 12.1 Å². The molecule has 1 fully saturated rings. The van der Waals surface area contributed by atoms with Crippen LogP contribution in [0.4, 0.5) is 11.4 Å². The highest BCUT2D eigenvalue weighted by atomic mass is 16.6. The molecule has 6 nitrogen and oxygen atoms in total. The molecule has 142 valence electrons. The van der Waals surface area contributed by atoms with E-state index in [1.54, 1.807) is 12.1 Å². The number of nitro benzene ring substituents is 1. The molecular weight excluding hydrogens is 344 g/mol. The van der Waals surface area contributed by atoms with Crippen molar-refractivity contribution in [1.29, 1.82) is 0 Å². The SMILES string of the molecule is CCCC(=O)c1ccc(N2CCC(O)(c3ccc([N+](=O)[O-])cc3)CC2)cc1. The molecule has 1 aliphatic heterocycles. The number of benzene rings is 2. The molecule has 6 heteroatoms. The zero-order valence-electron chi connectivity index (χ0n) is 15.4. The number of ketones is 1. The summed E-state index contributed by atoms with van der Waals surface area (Å²) in [5, 5.41) is 21.8. The molecule has 0 amide bonds. The monoisotopic (exact) mass is 368 g/mol. The number of Topliss-reactive ketones (excluding diaryl/α,β-unsaturated/α-hetero) is 1. The third-order valence-corrected chi connectivity index (χ3v) is 5.24. The maximum Gasteiger partial charge on any atom is 0.269 e. The first-order chi connectivity index (χ1) is 12.9. The highest BCUT2D eigenvalue weighted by Crippen LogP contribution is 2.35. The number of nitrogens with zero attached hydrogens (tertiary/aromatic N) is 2. The van der Waals surface area contributed by atoms with Crippen molar-refractivity contribution in [3.63, 3.8) is 0 Å². The molecule has 1 N–H and O–H groups in total. The largest absolute Gasteiger partial charge is 0.385 e. The molecule has 0 aromatic heterocycles. The van der Waals surface area contributed by atoms with E-state index in [1.807, 2.05) is 31.2 Å². The lowest BCUT2D eigenvalue weighted by Crippen LogP contribution is -2.42. The highest BCUT2D eigenvalue weighted by molar-refractivity contribution is 5.96. The molecule has 0 bridgehead atoms. The summed E-state index contributed by atoms with van der Waals surface area (Å²) in [5.74, 6) is 0.162. The Hall–Kier alpha value is -2.73. The number of rotatable bonds is 6. The lowest BCUT2D eigenvalue weighted by atomic mass is 9.84. The molecule has 2 aromatic rings. The van der Waals surface area contributed by atoms with Crippen LogP contribution in [0.5, 0.6) is 0 Å². The van der Waals surface area contributed by atoms with Crippen LogP contribution in [0.1, 0.15) is 48.5 Å². The zero-order chi connectivity index (χ0) is 19.4. The minimum atomic E-state index is -0.970. The molecule has 2 aromatic carbocycles. The molecule has 0 spiro atoms. The van der Waals surface area contributed by atoms with Crippen molar-refractivity contribution in [1.82, 2.24) is 0 Å². The van der Waals surface area contributed by atoms with Crippen LogP contribution in [0, 0.1) is 10.1 Å². The maximum atomic E-state index is 12.0. The minimum absolute atomic E-state index is 0.0255. The van der Waals surface area contributed by atoms with Gasteiger partial charge in [-0.3, -0.25) is 14.9 Å². The Balaban J connectivity index is 1.65. The second-order valence-corrected chi connectivity index (χ2v) is 7.04. The number of piperidine rings is 1. The third kappa shape index (κ3) is 4.17. The van der Waals surface area contributed by atoms with Crippen LogP contribution < -0.4 is 4.90 Å². The first-order valence-corrected chi connectivity index (χ1v) is 9.28. The van der Waals surface area contributed by atoms with E-state index in [0.29, 0.717) is 37.9 Å². The van der Waals surface area contributed by atoms with Crippen LogP contribution in [-0.4, -0.2) is 28.9 Å². The van der Waals surface area contributed by atoms with Crippen molar-refractivity contribution >= 4 is 17.2 Å². The lowest BCUT2D eigenvalue weighted by Gasteiger charge is -2.39. The molecule has 0 radical (unpaired) electrons. The van der Waals surface area contributed by atoms with E-state index in [-0.39, 0.29) is 11.5 Å². The van der Waals surface area contributed by atoms with Gasteiger partial charge in [-0.15, -0.1) is 0 Å². The predicted molar refractivity (Wildman–Crippen MR) is 104 cm³/mol. The maximum absolute atomic E-state index is 12.0. The molecule has 3 rings (SSSR count). The van der Waals surface area contributed by atoms with Crippen LogP contribution in [0.2, 0.25) is 0 Å². The fourth-order valence-corrected chi connectivity index (χ4v) is 3.55. The number of non-ortho nitro benzene ring substituents is 1. The standard InChI is InChI=1S/C21H24N2O4/c1-2-3-20(24)16-4-8-18(9-5-16)22-14-12-21(25,13-15-22)17-6-10-19(11-7-17)23(26)27/h4-11,25H,2-3,12-15H2,1H3. The first kappa shape index (κ1) is 19.0. The van der Waals surface area contributed by atoms with Crippen LogP contribution in [0.25, 0.3) is 0 Å². The van der Waals surface area contributed by atoms with Gasteiger partial charge >= 0.3 is 0 Å². The number of hydrogen-bond acceptors (Lipinski definition) is 5. The second kappa shape index (κ2) is 7.88. The van der Waals surface area contributed by atoms with Gasteiger partial charge in [0.2, 0.25) is 0 Å². The van der Waals surface area contributed by atoms with E-state index in [0.717, 1.165) is 17.7 Å². The number of nitro groups is 1. The number of carbonyl (C=O) groups is 1. The fraction of sp³-hybridized carbons (Fsp3) is 0.381. The van der Waals surface area contributed by atoms with E-state index < -0.39 is 10.5 Å². The van der Waals surface area contributed by atoms with Crippen LogP contribution in [0.15, 0.2) is 48.5 Å². The van der Waals surface area contributed by atoms with Gasteiger partial charge in [-0.05, 0) is 61.2 Å². The summed E-state index contributed by atoms with van der Waals surface area (Å²) in [6.45, 7) is 3.34. The molecule has 1 heterocycles. The van der Waals surface area contributed by atoms with E-state index >= 15 is 0 Å². The van der Waals surface area contributed by atoms with Crippen molar-refractivity contribution in [2.75, 3.05) is 18.0 Å². The summed E-state index contributed by atoms with van der Waals surface area (Å²) in [4.78, 5) is 24.5. The molecular formula is C21H24N2O4. The van der Waals surface area contributed by atoms with Gasteiger partial charge in [0.1, 0.15) is 0 Å². The topological polar surface area (TPSA) is 83.7 Å². The van der Waals surface area contributed by atoms with Crippen molar-refractivity contribution in [3.8, 4) is 0 Å². The second-order valence-electron chi connectivity index (χ2n) is 7.04. The summed E-state index contributed by atoms with van der Waals surface area (Å²) < 4.78 is 0. The number of aliphatic hydroxyl groups is 1. The molecule has 27 heavy (non-hydrogen) atoms. The quantitative estimate of drug-likeness (QED) is 0.472. The van der Waals surface area contributed by atoms with Crippen molar-refractivity contribution in [3.05, 3.63) is 69.8 Å². The first-order valence-electron chi connectivity index (χ1n) is 9.28. The van der Waals surface area contributed by atoms with Gasteiger partial charge in [0.05, 0.1) is 10.5 Å². The zero-order valence-corrected chi connectivity index (χ0v) is 15.4. The average molecular weight is 368 g/mol. The number of anilines is 1. The summed E-state index contributed by atoms with van der Waals surface area (Å²) in [7, 11) is 0. The smallest absolute Gasteiger partial charge is 0.269 e. The van der Waals surface area contributed by atoms with E-state index in [2.05, 4.69) is 4.90 Å². The van der Waals surface area contributed by atoms with Crippen LogP contribution in [-0.2, 0) is 5.60 Å². The van der Waals surface area contributed by atoms with Gasteiger partial charge in [0, 0.05) is 42.9 Å². The Morgan fingerprint density at radius 2 is 1.70 bits per heavy atom. The fourth-order valence-electron chi connectivity index (χ4n) is 3.55.